The van der Waals surface area contributed by atoms with Gasteiger partial charge in [-0.2, -0.15) is 0 Å². The fraction of sp³-hybridized carbons (Fsp3) is 0.375. The molecule has 3 aromatic rings. The first kappa shape index (κ1) is 22.5. The Balaban J connectivity index is 2.10. The number of methoxy groups -OCH3 is 1. The third-order valence-electron chi connectivity index (χ3n) is 5.44. The summed E-state index contributed by atoms with van der Waals surface area (Å²) in [7, 11) is 7.25. The third kappa shape index (κ3) is 4.77. The highest BCUT2D eigenvalue weighted by Gasteiger charge is 2.28. The van der Waals surface area contributed by atoms with Crippen molar-refractivity contribution in [3.63, 3.8) is 0 Å². The van der Waals surface area contributed by atoms with Crippen molar-refractivity contribution >= 4 is 16.8 Å². The van der Waals surface area contributed by atoms with Crippen molar-refractivity contribution < 1.29 is 9.53 Å². The average Bonchev–Trinajstić information content (AvgIpc) is 2.78. The Bertz CT molecular complexity index is 1120. The van der Waals surface area contributed by atoms with Crippen LogP contribution in [0.4, 0.5) is 0 Å². The fourth-order valence-electron chi connectivity index (χ4n) is 3.70. The van der Waals surface area contributed by atoms with Crippen molar-refractivity contribution in [1.82, 2.24) is 19.4 Å². The number of hydrogen-bond acceptors (Lipinski definition) is 5. The molecule has 7 nitrogen and oxygen atoms in total. The van der Waals surface area contributed by atoms with E-state index in [0.29, 0.717) is 47.6 Å². The number of likely N-dealkylation sites (N-methyl/N-ethyl adjacent to an activating group) is 1. The molecular weight excluding hydrogens is 392 g/mol. The third-order valence-corrected chi connectivity index (χ3v) is 5.44. The molecule has 0 saturated heterocycles. The van der Waals surface area contributed by atoms with E-state index in [0.717, 1.165) is 0 Å². The van der Waals surface area contributed by atoms with Crippen molar-refractivity contribution in [3.05, 3.63) is 70.3 Å². The molecule has 3 rings (SSSR count). The quantitative estimate of drug-likeness (QED) is 0.558. The zero-order valence-electron chi connectivity index (χ0n) is 18.8. The molecule has 2 aromatic carbocycles. The Kier molecular flexibility index (Phi) is 7.07. The lowest BCUT2D eigenvalue weighted by Gasteiger charge is -2.33. The molecule has 164 valence electrons. The highest BCUT2D eigenvalue weighted by atomic mass is 16.5. The van der Waals surface area contributed by atoms with Crippen LogP contribution in [0.2, 0.25) is 0 Å². The van der Waals surface area contributed by atoms with Crippen LogP contribution in [-0.2, 0) is 7.05 Å². The number of rotatable bonds is 8. The molecular formula is C24H30N4O3. The van der Waals surface area contributed by atoms with Crippen LogP contribution < -0.4 is 10.3 Å². The number of hydrogen-bond donors (Lipinski definition) is 0. The van der Waals surface area contributed by atoms with Gasteiger partial charge in [-0.1, -0.05) is 25.1 Å². The van der Waals surface area contributed by atoms with Gasteiger partial charge in [-0.3, -0.25) is 14.2 Å². The van der Waals surface area contributed by atoms with Crippen LogP contribution in [0, 0.1) is 0 Å². The van der Waals surface area contributed by atoms with E-state index in [2.05, 4.69) is 0 Å². The standard InChI is InChI=1S/C24H30N4O3/c1-6-21(22-25-20-13-8-7-12-19(20)24(30)27(22)4)28(15-14-26(2)3)23(29)17-10-9-11-18(16-17)31-5/h7-13,16,21H,6,14-15H2,1-5H3. The van der Waals surface area contributed by atoms with E-state index in [4.69, 9.17) is 9.72 Å². The van der Waals surface area contributed by atoms with Gasteiger partial charge in [0.1, 0.15) is 11.6 Å². The van der Waals surface area contributed by atoms with Gasteiger partial charge >= 0.3 is 0 Å². The molecule has 7 heteroatoms. The Morgan fingerprint density at radius 2 is 1.87 bits per heavy atom. The second-order valence-electron chi connectivity index (χ2n) is 7.81. The van der Waals surface area contributed by atoms with Crippen molar-refractivity contribution in [1.29, 1.82) is 0 Å². The summed E-state index contributed by atoms with van der Waals surface area (Å²) in [5.41, 5.74) is 1.07. The van der Waals surface area contributed by atoms with Gasteiger partial charge in [0.15, 0.2) is 0 Å². The first-order valence-electron chi connectivity index (χ1n) is 10.4. The Hall–Kier alpha value is -3.19. The molecule has 0 bridgehead atoms. The second-order valence-corrected chi connectivity index (χ2v) is 7.81. The molecule has 0 fully saturated rings. The molecule has 0 spiro atoms. The van der Waals surface area contributed by atoms with E-state index >= 15 is 0 Å². The number of carbonyl (C=O) groups excluding carboxylic acids is 1. The first-order chi connectivity index (χ1) is 14.9. The molecule has 0 aliphatic rings. The molecule has 1 heterocycles. The van der Waals surface area contributed by atoms with Crippen LogP contribution in [0.1, 0.15) is 35.6 Å². The van der Waals surface area contributed by atoms with Crippen LogP contribution >= 0.6 is 0 Å². The molecule has 0 saturated carbocycles. The van der Waals surface area contributed by atoms with Gasteiger partial charge in [-0.15, -0.1) is 0 Å². The summed E-state index contributed by atoms with van der Waals surface area (Å²) in [6.45, 7) is 3.20. The second kappa shape index (κ2) is 9.75. The number of amides is 1. The maximum atomic E-state index is 13.6. The highest BCUT2D eigenvalue weighted by molar-refractivity contribution is 5.95. The molecule has 0 N–H and O–H groups in total. The van der Waals surface area contributed by atoms with Gasteiger partial charge in [-0.05, 0) is 50.8 Å². The van der Waals surface area contributed by atoms with Crippen molar-refractivity contribution in [2.24, 2.45) is 7.05 Å². The molecule has 0 aliphatic heterocycles. The largest absolute Gasteiger partial charge is 0.497 e. The lowest BCUT2D eigenvalue weighted by molar-refractivity contribution is 0.0642. The van der Waals surface area contributed by atoms with E-state index in [1.165, 1.54) is 0 Å². The summed E-state index contributed by atoms with van der Waals surface area (Å²) in [6.07, 6.45) is 0.627. The van der Waals surface area contributed by atoms with Gasteiger partial charge in [0.25, 0.3) is 11.5 Å². The number of carbonyl (C=O) groups is 1. The van der Waals surface area contributed by atoms with E-state index in [1.54, 1.807) is 43.0 Å². The minimum absolute atomic E-state index is 0.111. The number of nitrogens with zero attached hydrogens (tertiary/aromatic N) is 4. The lowest BCUT2D eigenvalue weighted by atomic mass is 10.1. The van der Waals surface area contributed by atoms with Crippen LogP contribution in [0.3, 0.4) is 0 Å². The average molecular weight is 423 g/mol. The summed E-state index contributed by atoms with van der Waals surface area (Å²) in [6, 6.07) is 14.1. The topological polar surface area (TPSA) is 67.7 Å². The van der Waals surface area contributed by atoms with Crippen molar-refractivity contribution in [2.75, 3.05) is 34.3 Å². The number of benzene rings is 2. The predicted octanol–water partition coefficient (Wildman–Crippen LogP) is 3.10. The van der Waals surface area contributed by atoms with Gasteiger partial charge < -0.3 is 14.5 Å². The van der Waals surface area contributed by atoms with Gasteiger partial charge in [-0.25, -0.2) is 4.98 Å². The fourth-order valence-corrected chi connectivity index (χ4v) is 3.70. The Morgan fingerprint density at radius 3 is 2.55 bits per heavy atom. The lowest BCUT2D eigenvalue weighted by Crippen LogP contribution is -2.41. The summed E-state index contributed by atoms with van der Waals surface area (Å²) in [5.74, 6) is 1.10. The number of ether oxygens (including phenoxy) is 1. The number of fused-ring (bicyclic) bond motifs is 1. The van der Waals surface area contributed by atoms with Crippen molar-refractivity contribution in [2.45, 2.75) is 19.4 Å². The molecule has 31 heavy (non-hydrogen) atoms. The van der Waals surface area contributed by atoms with E-state index in [1.807, 2.05) is 55.1 Å². The van der Waals surface area contributed by atoms with Gasteiger partial charge in [0, 0.05) is 25.7 Å². The maximum Gasteiger partial charge on any atom is 0.261 e. The normalized spacial score (nSPS) is 12.2. The van der Waals surface area contributed by atoms with Crippen LogP contribution in [-0.4, -0.2) is 59.6 Å². The SMILES string of the molecule is CCC(c1nc2ccccc2c(=O)n1C)N(CCN(C)C)C(=O)c1cccc(OC)c1. The molecule has 0 aliphatic carbocycles. The van der Waals surface area contributed by atoms with Crippen molar-refractivity contribution in [3.8, 4) is 5.75 Å². The van der Waals surface area contributed by atoms with Crippen LogP contribution in [0.5, 0.6) is 5.75 Å². The molecule has 0 radical (unpaired) electrons. The molecule has 1 atom stereocenters. The van der Waals surface area contributed by atoms with E-state index in [9.17, 15) is 9.59 Å². The Morgan fingerprint density at radius 1 is 1.13 bits per heavy atom. The minimum Gasteiger partial charge on any atom is -0.497 e. The summed E-state index contributed by atoms with van der Waals surface area (Å²) in [5, 5.41) is 0.572. The highest BCUT2D eigenvalue weighted by Crippen LogP contribution is 2.26. The Labute approximate surface area is 182 Å². The van der Waals surface area contributed by atoms with E-state index in [-0.39, 0.29) is 17.5 Å². The monoisotopic (exact) mass is 422 g/mol. The summed E-state index contributed by atoms with van der Waals surface area (Å²) >= 11 is 0. The zero-order chi connectivity index (χ0) is 22.5. The van der Waals surface area contributed by atoms with Gasteiger partial charge in [0.2, 0.25) is 0 Å². The predicted molar refractivity (Wildman–Crippen MR) is 123 cm³/mol. The molecule has 1 amide bonds. The van der Waals surface area contributed by atoms with E-state index < -0.39 is 0 Å². The van der Waals surface area contributed by atoms with Crippen LogP contribution in [0.15, 0.2) is 53.3 Å². The van der Waals surface area contributed by atoms with Crippen LogP contribution in [0.25, 0.3) is 10.9 Å². The molecule has 1 unspecified atom stereocenters. The summed E-state index contributed by atoms with van der Waals surface area (Å²) < 4.78 is 6.87. The summed E-state index contributed by atoms with van der Waals surface area (Å²) in [4.78, 5) is 35.2. The first-order valence-corrected chi connectivity index (χ1v) is 10.4. The zero-order valence-corrected chi connectivity index (χ0v) is 18.8. The minimum atomic E-state index is -0.346. The maximum absolute atomic E-state index is 13.6. The number of para-hydroxylation sites is 1. The van der Waals surface area contributed by atoms with Gasteiger partial charge in [0.05, 0.1) is 24.1 Å². The molecule has 1 aromatic heterocycles. The smallest absolute Gasteiger partial charge is 0.261 e. The number of aromatic nitrogens is 2.